The molecule has 8 nitrogen and oxygen atoms in total. The second-order valence-corrected chi connectivity index (χ2v) is 4.11. The number of fused-ring (bicyclic) bond motifs is 1. The number of aliphatic hydroxyl groups excluding tert-OH is 1. The number of hydrogen-bond acceptors (Lipinski definition) is 6. The molecule has 0 spiro atoms. The summed E-state index contributed by atoms with van der Waals surface area (Å²) in [5.74, 6) is -0.430. The van der Waals surface area contributed by atoms with Crippen LogP contribution >= 0.6 is 0 Å². The first-order valence-electron chi connectivity index (χ1n) is 6.38. The summed E-state index contributed by atoms with van der Waals surface area (Å²) in [4.78, 5) is 23.2. The lowest BCUT2D eigenvalue weighted by Gasteiger charge is -2.07. The molecule has 21 heavy (non-hydrogen) atoms. The van der Waals surface area contributed by atoms with E-state index < -0.39 is 11.8 Å². The van der Waals surface area contributed by atoms with Crippen molar-refractivity contribution in [2.24, 2.45) is 0 Å². The maximum absolute atomic E-state index is 11.7. The van der Waals surface area contributed by atoms with Gasteiger partial charge in [-0.05, 0) is 12.1 Å². The van der Waals surface area contributed by atoms with Crippen molar-refractivity contribution in [3.8, 4) is 11.5 Å². The van der Waals surface area contributed by atoms with E-state index in [0.717, 1.165) is 0 Å². The summed E-state index contributed by atoms with van der Waals surface area (Å²) in [5, 5.41) is 13.4. The number of carbonyl (C=O) groups is 2. The Hall–Kier alpha value is -2.32. The molecule has 1 aromatic rings. The van der Waals surface area contributed by atoms with Crippen LogP contribution in [0.25, 0.3) is 0 Å². The van der Waals surface area contributed by atoms with Crippen LogP contribution in [0.1, 0.15) is 0 Å². The Balaban J connectivity index is 1.77. The van der Waals surface area contributed by atoms with Crippen molar-refractivity contribution in [2.45, 2.75) is 0 Å². The highest BCUT2D eigenvalue weighted by Gasteiger charge is 2.17. The van der Waals surface area contributed by atoms with Crippen molar-refractivity contribution < 1.29 is 28.9 Å². The van der Waals surface area contributed by atoms with E-state index in [-0.39, 0.29) is 33.2 Å². The zero-order valence-electron chi connectivity index (χ0n) is 11.3. The molecule has 0 saturated carbocycles. The van der Waals surface area contributed by atoms with Gasteiger partial charge in [0.05, 0.1) is 19.8 Å². The molecular formula is C13H16N2O6. The first kappa shape index (κ1) is 15.1. The molecule has 0 atom stereocenters. The molecular weight excluding hydrogens is 280 g/mol. The minimum absolute atomic E-state index is 0.0848. The van der Waals surface area contributed by atoms with Crippen LogP contribution in [-0.2, 0) is 14.3 Å². The largest absolute Gasteiger partial charge is 0.454 e. The van der Waals surface area contributed by atoms with E-state index in [9.17, 15) is 9.59 Å². The third kappa shape index (κ3) is 4.33. The second kappa shape index (κ2) is 7.46. The zero-order chi connectivity index (χ0) is 15.1. The molecule has 0 bridgehead atoms. The van der Waals surface area contributed by atoms with Gasteiger partial charge in [0.2, 0.25) is 6.79 Å². The molecule has 1 aliphatic heterocycles. The highest BCUT2D eigenvalue weighted by molar-refractivity contribution is 6.39. The van der Waals surface area contributed by atoms with Gasteiger partial charge in [-0.15, -0.1) is 0 Å². The number of carbonyl (C=O) groups excluding carboxylic acids is 2. The minimum Gasteiger partial charge on any atom is -0.454 e. The lowest BCUT2D eigenvalue weighted by molar-refractivity contribution is -0.136. The van der Waals surface area contributed by atoms with Gasteiger partial charge in [0, 0.05) is 18.3 Å². The minimum atomic E-state index is -0.781. The Bertz CT molecular complexity index is 519. The molecule has 1 aromatic carbocycles. The maximum atomic E-state index is 11.7. The summed E-state index contributed by atoms with van der Waals surface area (Å²) in [6.45, 7) is 0.663. The van der Waals surface area contributed by atoms with Crippen molar-refractivity contribution >= 4 is 17.5 Å². The van der Waals surface area contributed by atoms with Crippen molar-refractivity contribution in [1.29, 1.82) is 0 Å². The van der Waals surface area contributed by atoms with Crippen LogP contribution in [0.2, 0.25) is 0 Å². The van der Waals surface area contributed by atoms with Gasteiger partial charge in [-0.3, -0.25) is 9.59 Å². The Morgan fingerprint density at radius 2 is 2.00 bits per heavy atom. The Morgan fingerprint density at radius 1 is 1.19 bits per heavy atom. The zero-order valence-corrected chi connectivity index (χ0v) is 11.3. The van der Waals surface area contributed by atoms with E-state index in [2.05, 4.69) is 10.6 Å². The second-order valence-electron chi connectivity index (χ2n) is 4.11. The number of aliphatic hydroxyl groups is 1. The van der Waals surface area contributed by atoms with Gasteiger partial charge in [0.15, 0.2) is 11.5 Å². The molecule has 114 valence electrons. The van der Waals surface area contributed by atoms with Crippen LogP contribution in [0.3, 0.4) is 0 Å². The molecule has 1 heterocycles. The number of hydrogen-bond donors (Lipinski definition) is 3. The van der Waals surface area contributed by atoms with Crippen molar-refractivity contribution in [3.05, 3.63) is 18.2 Å². The lowest BCUT2D eigenvalue weighted by atomic mass is 10.2. The molecule has 0 fully saturated rings. The molecule has 2 amide bonds. The smallest absolute Gasteiger partial charge is 0.313 e. The predicted molar refractivity (Wildman–Crippen MR) is 72.1 cm³/mol. The van der Waals surface area contributed by atoms with Gasteiger partial charge in [-0.1, -0.05) is 0 Å². The van der Waals surface area contributed by atoms with Crippen molar-refractivity contribution in [2.75, 3.05) is 38.5 Å². The Labute approximate surface area is 121 Å². The number of amides is 2. The highest BCUT2D eigenvalue weighted by atomic mass is 16.7. The standard InChI is InChI=1S/C13H16N2O6/c16-4-6-19-5-3-14-12(17)13(18)15-9-1-2-10-11(7-9)21-8-20-10/h1-2,7,16H,3-6,8H2,(H,14,17)(H,15,18). The molecule has 0 radical (unpaired) electrons. The highest BCUT2D eigenvalue weighted by Crippen LogP contribution is 2.34. The average Bonchev–Trinajstić information content (AvgIpc) is 2.94. The Morgan fingerprint density at radius 3 is 2.81 bits per heavy atom. The van der Waals surface area contributed by atoms with E-state index in [0.29, 0.717) is 17.2 Å². The van der Waals surface area contributed by atoms with Crippen LogP contribution in [-0.4, -0.2) is 50.1 Å². The fourth-order valence-corrected chi connectivity index (χ4v) is 1.65. The maximum Gasteiger partial charge on any atom is 0.313 e. The Kier molecular flexibility index (Phi) is 5.35. The summed E-state index contributed by atoms with van der Waals surface area (Å²) in [7, 11) is 0. The molecule has 0 aliphatic carbocycles. The van der Waals surface area contributed by atoms with E-state index in [1.807, 2.05) is 0 Å². The predicted octanol–water partition coefficient (Wildman–Crippen LogP) is -0.521. The summed E-state index contributed by atoms with van der Waals surface area (Å²) in [6.07, 6.45) is 0. The normalized spacial score (nSPS) is 12.0. The number of ether oxygens (including phenoxy) is 3. The molecule has 1 aliphatic rings. The molecule has 3 N–H and O–H groups in total. The topological polar surface area (TPSA) is 106 Å². The van der Waals surface area contributed by atoms with Gasteiger partial charge in [0.1, 0.15) is 0 Å². The first-order valence-corrected chi connectivity index (χ1v) is 6.38. The van der Waals surface area contributed by atoms with Crippen LogP contribution in [0.5, 0.6) is 11.5 Å². The van der Waals surface area contributed by atoms with Gasteiger partial charge >= 0.3 is 11.8 Å². The molecule has 0 unspecified atom stereocenters. The summed E-state index contributed by atoms with van der Waals surface area (Å²) in [5.41, 5.74) is 0.441. The molecule has 0 saturated heterocycles. The van der Waals surface area contributed by atoms with Gasteiger partial charge in [-0.2, -0.15) is 0 Å². The van der Waals surface area contributed by atoms with E-state index in [1.165, 1.54) is 0 Å². The van der Waals surface area contributed by atoms with Crippen molar-refractivity contribution in [1.82, 2.24) is 5.32 Å². The third-order valence-corrected chi connectivity index (χ3v) is 2.60. The van der Waals surface area contributed by atoms with Gasteiger partial charge < -0.3 is 30.0 Å². The van der Waals surface area contributed by atoms with Crippen molar-refractivity contribution in [3.63, 3.8) is 0 Å². The fraction of sp³-hybridized carbons (Fsp3) is 0.385. The van der Waals surface area contributed by atoms with E-state index >= 15 is 0 Å². The monoisotopic (exact) mass is 296 g/mol. The van der Waals surface area contributed by atoms with Crippen LogP contribution < -0.4 is 20.1 Å². The fourth-order valence-electron chi connectivity index (χ4n) is 1.65. The van der Waals surface area contributed by atoms with E-state index in [1.54, 1.807) is 18.2 Å². The summed E-state index contributed by atoms with van der Waals surface area (Å²) in [6, 6.07) is 4.85. The average molecular weight is 296 g/mol. The summed E-state index contributed by atoms with van der Waals surface area (Å²) < 4.78 is 15.3. The van der Waals surface area contributed by atoms with Crippen LogP contribution in [0, 0.1) is 0 Å². The van der Waals surface area contributed by atoms with Crippen LogP contribution in [0.15, 0.2) is 18.2 Å². The lowest BCUT2D eigenvalue weighted by Crippen LogP contribution is -2.37. The van der Waals surface area contributed by atoms with Gasteiger partial charge in [0.25, 0.3) is 0 Å². The van der Waals surface area contributed by atoms with Crippen LogP contribution in [0.4, 0.5) is 5.69 Å². The third-order valence-electron chi connectivity index (χ3n) is 2.60. The molecule has 2 rings (SSSR count). The number of nitrogens with one attached hydrogen (secondary N) is 2. The summed E-state index contributed by atoms with van der Waals surface area (Å²) >= 11 is 0. The number of rotatable bonds is 6. The van der Waals surface area contributed by atoms with Gasteiger partial charge in [-0.25, -0.2) is 0 Å². The number of benzene rings is 1. The first-order chi connectivity index (χ1) is 10.2. The molecule has 8 heteroatoms. The SMILES string of the molecule is O=C(NCCOCCO)C(=O)Nc1ccc2c(c1)OCO2. The quantitative estimate of drug-likeness (QED) is 0.482. The number of anilines is 1. The van der Waals surface area contributed by atoms with E-state index in [4.69, 9.17) is 19.3 Å². The molecule has 0 aromatic heterocycles.